The van der Waals surface area contributed by atoms with Crippen LogP contribution in [-0.2, 0) is 0 Å². The SMILES string of the molecule is CCCCCNc1ccc(Oc2ccc(NCCCCC)cc2)cc1. The molecule has 136 valence electrons. The first-order valence-electron chi connectivity index (χ1n) is 9.67. The second kappa shape index (κ2) is 11.4. The molecule has 2 aromatic rings. The zero-order valence-corrected chi connectivity index (χ0v) is 15.7. The second-order valence-electron chi connectivity index (χ2n) is 6.42. The summed E-state index contributed by atoms with van der Waals surface area (Å²) in [6.07, 6.45) is 7.49. The van der Waals surface area contributed by atoms with E-state index in [9.17, 15) is 0 Å². The van der Waals surface area contributed by atoms with E-state index < -0.39 is 0 Å². The Balaban J connectivity index is 1.77. The number of rotatable bonds is 12. The van der Waals surface area contributed by atoms with Crippen molar-refractivity contribution in [2.45, 2.75) is 52.4 Å². The van der Waals surface area contributed by atoms with E-state index in [0.29, 0.717) is 0 Å². The number of unbranched alkanes of at least 4 members (excludes halogenated alkanes) is 4. The zero-order valence-electron chi connectivity index (χ0n) is 15.7. The van der Waals surface area contributed by atoms with Crippen LogP contribution in [0, 0.1) is 0 Å². The Labute approximate surface area is 152 Å². The van der Waals surface area contributed by atoms with Crippen molar-refractivity contribution in [3.8, 4) is 11.5 Å². The normalized spacial score (nSPS) is 10.5. The highest BCUT2D eigenvalue weighted by atomic mass is 16.5. The number of anilines is 2. The van der Waals surface area contributed by atoms with Crippen LogP contribution in [0.1, 0.15) is 52.4 Å². The van der Waals surface area contributed by atoms with E-state index in [1.807, 2.05) is 24.3 Å². The molecule has 0 saturated carbocycles. The molecule has 3 heteroatoms. The first-order valence-corrected chi connectivity index (χ1v) is 9.67. The standard InChI is InChI=1S/C22H32N2O/c1-3-5-7-17-23-19-9-13-21(14-10-19)25-22-15-11-20(12-16-22)24-18-8-6-4-2/h9-16,23-24H,3-8,17-18H2,1-2H3. The molecule has 2 rings (SSSR count). The van der Waals surface area contributed by atoms with E-state index in [0.717, 1.165) is 36.0 Å². The Hall–Kier alpha value is -2.16. The van der Waals surface area contributed by atoms with Crippen molar-refractivity contribution in [2.75, 3.05) is 23.7 Å². The van der Waals surface area contributed by atoms with Crippen molar-refractivity contribution >= 4 is 11.4 Å². The third kappa shape index (κ3) is 7.51. The van der Waals surface area contributed by atoms with Crippen LogP contribution in [0.3, 0.4) is 0 Å². The summed E-state index contributed by atoms with van der Waals surface area (Å²) in [5, 5.41) is 6.89. The van der Waals surface area contributed by atoms with Crippen LogP contribution in [-0.4, -0.2) is 13.1 Å². The summed E-state index contributed by atoms with van der Waals surface area (Å²) >= 11 is 0. The van der Waals surface area contributed by atoms with Gasteiger partial charge >= 0.3 is 0 Å². The van der Waals surface area contributed by atoms with Gasteiger partial charge in [0, 0.05) is 24.5 Å². The minimum Gasteiger partial charge on any atom is -0.457 e. The molecule has 0 fully saturated rings. The fourth-order valence-electron chi connectivity index (χ4n) is 2.63. The van der Waals surface area contributed by atoms with Gasteiger partial charge in [-0.2, -0.15) is 0 Å². The minimum absolute atomic E-state index is 0.864. The van der Waals surface area contributed by atoms with Crippen LogP contribution in [0.15, 0.2) is 48.5 Å². The highest BCUT2D eigenvalue weighted by Gasteiger charge is 1.99. The molecule has 0 radical (unpaired) electrons. The first kappa shape index (κ1) is 19.2. The number of hydrogen-bond acceptors (Lipinski definition) is 3. The third-order valence-electron chi connectivity index (χ3n) is 4.16. The first-order chi connectivity index (χ1) is 12.3. The summed E-state index contributed by atoms with van der Waals surface area (Å²) in [6.45, 7) is 6.50. The van der Waals surface area contributed by atoms with Gasteiger partial charge in [0.2, 0.25) is 0 Å². The van der Waals surface area contributed by atoms with Crippen LogP contribution in [0.4, 0.5) is 11.4 Å². The summed E-state index contributed by atoms with van der Waals surface area (Å²) in [5.74, 6) is 1.73. The van der Waals surface area contributed by atoms with Crippen LogP contribution in [0.5, 0.6) is 11.5 Å². The Morgan fingerprint density at radius 3 is 1.36 bits per heavy atom. The summed E-state index contributed by atoms with van der Waals surface area (Å²) < 4.78 is 5.92. The number of nitrogens with one attached hydrogen (secondary N) is 2. The lowest BCUT2D eigenvalue weighted by Gasteiger charge is -2.10. The van der Waals surface area contributed by atoms with Crippen LogP contribution >= 0.6 is 0 Å². The molecular formula is C22H32N2O. The highest BCUT2D eigenvalue weighted by molar-refractivity contribution is 5.49. The zero-order chi connectivity index (χ0) is 17.7. The van der Waals surface area contributed by atoms with Crippen molar-refractivity contribution in [1.82, 2.24) is 0 Å². The monoisotopic (exact) mass is 340 g/mol. The topological polar surface area (TPSA) is 33.3 Å². The molecule has 0 aliphatic heterocycles. The molecule has 2 N–H and O–H groups in total. The molecule has 0 aliphatic rings. The maximum absolute atomic E-state index is 5.92. The number of benzene rings is 2. The van der Waals surface area contributed by atoms with E-state index in [1.165, 1.54) is 38.5 Å². The van der Waals surface area contributed by atoms with Crippen LogP contribution < -0.4 is 15.4 Å². The quantitative estimate of drug-likeness (QED) is 0.423. The van der Waals surface area contributed by atoms with Crippen molar-refractivity contribution in [1.29, 1.82) is 0 Å². The van der Waals surface area contributed by atoms with Gasteiger partial charge in [-0.15, -0.1) is 0 Å². The van der Waals surface area contributed by atoms with Gasteiger partial charge in [-0.3, -0.25) is 0 Å². The highest BCUT2D eigenvalue weighted by Crippen LogP contribution is 2.24. The summed E-state index contributed by atoms with van der Waals surface area (Å²) in [6, 6.07) is 16.3. The molecule has 0 aliphatic carbocycles. The maximum Gasteiger partial charge on any atom is 0.127 e. The number of ether oxygens (including phenoxy) is 1. The minimum atomic E-state index is 0.864. The van der Waals surface area contributed by atoms with E-state index in [4.69, 9.17) is 4.74 Å². The molecule has 3 nitrogen and oxygen atoms in total. The molecular weight excluding hydrogens is 308 g/mol. The van der Waals surface area contributed by atoms with Crippen molar-refractivity contribution < 1.29 is 4.74 Å². The van der Waals surface area contributed by atoms with Crippen molar-refractivity contribution in [3.05, 3.63) is 48.5 Å². The Morgan fingerprint density at radius 1 is 0.600 bits per heavy atom. The third-order valence-corrected chi connectivity index (χ3v) is 4.16. The van der Waals surface area contributed by atoms with E-state index in [2.05, 4.69) is 48.7 Å². The molecule has 0 amide bonds. The van der Waals surface area contributed by atoms with Crippen molar-refractivity contribution in [3.63, 3.8) is 0 Å². The van der Waals surface area contributed by atoms with Crippen LogP contribution in [0.2, 0.25) is 0 Å². The maximum atomic E-state index is 5.92. The van der Waals surface area contributed by atoms with Crippen molar-refractivity contribution in [2.24, 2.45) is 0 Å². The van der Waals surface area contributed by atoms with Gasteiger partial charge in [-0.05, 0) is 61.4 Å². The Bertz CT molecular complexity index is 524. The molecule has 0 aromatic heterocycles. The molecule has 0 unspecified atom stereocenters. The molecule has 0 atom stereocenters. The summed E-state index contributed by atoms with van der Waals surface area (Å²) in [5.41, 5.74) is 2.30. The molecule has 25 heavy (non-hydrogen) atoms. The fraction of sp³-hybridized carbons (Fsp3) is 0.455. The van der Waals surface area contributed by atoms with Gasteiger partial charge in [0.05, 0.1) is 0 Å². The second-order valence-corrected chi connectivity index (χ2v) is 6.42. The summed E-state index contributed by atoms with van der Waals surface area (Å²) in [7, 11) is 0. The van der Waals surface area contributed by atoms with E-state index >= 15 is 0 Å². The van der Waals surface area contributed by atoms with Gasteiger partial charge in [0.15, 0.2) is 0 Å². The largest absolute Gasteiger partial charge is 0.457 e. The van der Waals surface area contributed by atoms with E-state index in [-0.39, 0.29) is 0 Å². The average Bonchev–Trinajstić information content (AvgIpc) is 2.65. The predicted molar refractivity (Wildman–Crippen MR) is 109 cm³/mol. The fourth-order valence-corrected chi connectivity index (χ4v) is 2.63. The van der Waals surface area contributed by atoms with Gasteiger partial charge in [0.25, 0.3) is 0 Å². The molecule has 2 aromatic carbocycles. The average molecular weight is 341 g/mol. The predicted octanol–water partition coefficient (Wildman–Crippen LogP) is 6.68. The summed E-state index contributed by atoms with van der Waals surface area (Å²) in [4.78, 5) is 0. The van der Waals surface area contributed by atoms with Crippen LogP contribution in [0.25, 0.3) is 0 Å². The lowest BCUT2D eigenvalue weighted by atomic mass is 10.2. The van der Waals surface area contributed by atoms with Gasteiger partial charge in [0.1, 0.15) is 11.5 Å². The Morgan fingerprint density at radius 2 is 1.00 bits per heavy atom. The number of hydrogen-bond donors (Lipinski definition) is 2. The lowest BCUT2D eigenvalue weighted by Crippen LogP contribution is -2.01. The molecule has 0 bridgehead atoms. The van der Waals surface area contributed by atoms with Gasteiger partial charge in [-0.1, -0.05) is 39.5 Å². The lowest BCUT2D eigenvalue weighted by molar-refractivity contribution is 0.483. The molecule has 0 heterocycles. The van der Waals surface area contributed by atoms with Gasteiger partial charge < -0.3 is 15.4 Å². The van der Waals surface area contributed by atoms with Gasteiger partial charge in [-0.25, -0.2) is 0 Å². The smallest absolute Gasteiger partial charge is 0.127 e. The van der Waals surface area contributed by atoms with E-state index in [1.54, 1.807) is 0 Å². The molecule has 0 spiro atoms. The molecule has 0 saturated heterocycles. The Kier molecular flexibility index (Phi) is 8.74.